The summed E-state index contributed by atoms with van der Waals surface area (Å²) in [5.41, 5.74) is 1.97. The summed E-state index contributed by atoms with van der Waals surface area (Å²) < 4.78 is 11.2. The number of hydrogen-bond donors (Lipinski definition) is 0. The minimum absolute atomic E-state index is 0.0392. The lowest BCUT2D eigenvalue weighted by molar-refractivity contribution is -0.0553. The summed E-state index contributed by atoms with van der Waals surface area (Å²) in [6.07, 6.45) is 0.812. The Morgan fingerprint density at radius 3 is 2.72 bits per heavy atom. The third kappa shape index (κ3) is 2.75. The van der Waals surface area contributed by atoms with Crippen LogP contribution in [0.5, 0.6) is 0 Å². The van der Waals surface area contributed by atoms with Crippen LogP contribution in [0.15, 0.2) is 30.3 Å². The molecule has 6 nitrogen and oxygen atoms in total. The molecule has 2 fully saturated rings. The molecule has 4 rings (SSSR count). The van der Waals surface area contributed by atoms with Crippen LogP contribution in [0.2, 0.25) is 0 Å². The van der Waals surface area contributed by atoms with Gasteiger partial charge in [-0.15, -0.1) is 0 Å². The highest BCUT2D eigenvalue weighted by Crippen LogP contribution is 2.32. The number of carbonyl (C=O) groups is 1. The molecule has 0 N–H and O–H groups in total. The number of carbonyl (C=O) groups excluding carboxylic acids is 1. The van der Waals surface area contributed by atoms with Gasteiger partial charge < -0.3 is 19.3 Å². The number of aromatic nitrogens is 1. The first kappa shape index (κ1) is 16.3. The summed E-state index contributed by atoms with van der Waals surface area (Å²) in [5.74, 6) is -0.0392. The molecule has 1 aromatic carbocycles. The van der Waals surface area contributed by atoms with Crippen molar-refractivity contribution in [1.82, 2.24) is 9.88 Å². The average Bonchev–Trinajstić information content (AvgIpc) is 3.09. The monoisotopic (exact) mass is 341 g/mol. The lowest BCUT2D eigenvalue weighted by Crippen LogP contribution is -2.59. The van der Waals surface area contributed by atoms with Crippen molar-refractivity contribution in [1.29, 1.82) is 0 Å². The smallest absolute Gasteiger partial charge is 0.273 e. The fourth-order valence-electron chi connectivity index (χ4n) is 3.75. The first-order valence-corrected chi connectivity index (χ1v) is 8.65. The van der Waals surface area contributed by atoms with E-state index in [-0.39, 0.29) is 11.4 Å². The zero-order valence-electron chi connectivity index (χ0n) is 14.7. The molecular formula is C19H23N3O3. The Kier molecular flexibility index (Phi) is 4.09. The van der Waals surface area contributed by atoms with Crippen LogP contribution in [0.1, 0.15) is 16.9 Å². The number of nitrogens with zero attached hydrogens (tertiary/aromatic N) is 3. The van der Waals surface area contributed by atoms with E-state index in [0.29, 0.717) is 38.7 Å². The number of hydrogen-bond acceptors (Lipinski definition) is 5. The van der Waals surface area contributed by atoms with Gasteiger partial charge in [0.25, 0.3) is 5.91 Å². The second-order valence-corrected chi connectivity index (χ2v) is 6.97. The van der Waals surface area contributed by atoms with Crippen molar-refractivity contribution in [2.75, 3.05) is 52.0 Å². The minimum atomic E-state index is -0.346. The summed E-state index contributed by atoms with van der Waals surface area (Å²) >= 11 is 0. The van der Waals surface area contributed by atoms with Gasteiger partial charge in [-0.05, 0) is 18.6 Å². The normalized spacial score (nSPS) is 23.4. The van der Waals surface area contributed by atoms with Crippen LogP contribution >= 0.6 is 0 Å². The summed E-state index contributed by atoms with van der Waals surface area (Å²) in [5, 5.41) is 1.05. The molecule has 132 valence electrons. The van der Waals surface area contributed by atoms with E-state index in [1.807, 2.05) is 54.2 Å². The number of para-hydroxylation sites is 1. The van der Waals surface area contributed by atoms with Crippen LogP contribution in [0.3, 0.4) is 0 Å². The molecular weight excluding hydrogens is 318 g/mol. The average molecular weight is 341 g/mol. The molecule has 2 saturated heterocycles. The van der Waals surface area contributed by atoms with Crippen molar-refractivity contribution < 1.29 is 14.3 Å². The number of anilines is 1. The van der Waals surface area contributed by atoms with E-state index in [0.717, 1.165) is 23.0 Å². The van der Waals surface area contributed by atoms with Gasteiger partial charge in [-0.25, -0.2) is 4.98 Å². The second kappa shape index (κ2) is 6.28. The molecule has 6 heteroatoms. The molecule has 1 atom stereocenters. The van der Waals surface area contributed by atoms with Crippen LogP contribution in [0, 0.1) is 0 Å². The maximum atomic E-state index is 13.3. The van der Waals surface area contributed by atoms with Gasteiger partial charge in [-0.3, -0.25) is 4.79 Å². The molecule has 0 aliphatic carbocycles. The lowest BCUT2D eigenvalue weighted by atomic mass is 9.95. The Balaban J connectivity index is 1.77. The van der Waals surface area contributed by atoms with Crippen LogP contribution in [0.25, 0.3) is 10.9 Å². The largest absolute Gasteiger partial charge is 0.379 e. The number of fused-ring (bicyclic) bond motifs is 1. The van der Waals surface area contributed by atoms with Crippen molar-refractivity contribution in [3.8, 4) is 0 Å². The molecule has 2 aromatic rings. The molecule has 1 unspecified atom stereocenters. The number of amides is 1. The number of rotatable bonds is 2. The van der Waals surface area contributed by atoms with Crippen LogP contribution in [-0.2, 0) is 9.47 Å². The van der Waals surface area contributed by atoms with Gasteiger partial charge in [0.2, 0.25) is 0 Å². The summed E-state index contributed by atoms with van der Waals surface area (Å²) in [4.78, 5) is 21.9. The third-order valence-electron chi connectivity index (χ3n) is 5.13. The molecule has 2 aliphatic heterocycles. The molecule has 1 amide bonds. The maximum absolute atomic E-state index is 13.3. The quantitative estimate of drug-likeness (QED) is 0.835. The van der Waals surface area contributed by atoms with Gasteiger partial charge >= 0.3 is 0 Å². The fourth-order valence-corrected chi connectivity index (χ4v) is 3.75. The summed E-state index contributed by atoms with van der Waals surface area (Å²) in [7, 11) is 3.97. The Morgan fingerprint density at radius 2 is 1.96 bits per heavy atom. The second-order valence-electron chi connectivity index (χ2n) is 6.97. The van der Waals surface area contributed by atoms with Crippen molar-refractivity contribution in [3.05, 3.63) is 36.0 Å². The van der Waals surface area contributed by atoms with Gasteiger partial charge in [-0.1, -0.05) is 18.2 Å². The van der Waals surface area contributed by atoms with E-state index < -0.39 is 0 Å². The van der Waals surface area contributed by atoms with E-state index in [4.69, 9.17) is 9.47 Å². The first-order chi connectivity index (χ1) is 12.1. The predicted molar refractivity (Wildman–Crippen MR) is 96.1 cm³/mol. The molecule has 0 saturated carbocycles. The number of ether oxygens (including phenoxy) is 2. The van der Waals surface area contributed by atoms with Gasteiger partial charge in [0, 0.05) is 38.3 Å². The Morgan fingerprint density at radius 1 is 1.20 bits per heavy atom. The standard InChI is InChI=1S/C19H23N3O3/c1-21(2)17-11-16(20-15-6-4-3-5-14(15)17)18(23)22-8-10-25-13-19(22)7-9-24-12-19/h3-6,11H,7-10,12-13H2,1-2H3. The fraction of sp³-hybridized carbons (Fsp3) is 0.474. The zero-order chi connectivity index (χ0) is 17.4. The predicted octanol–water partition coefficient (Wildman–Crippen LogP) is 1.93. The van der Waals surface area contributed by atoms with Crippen molar-refractivity contribution in [2.45, 2.75) is 12.0 Å². The Labute approximate surface area is 147 Å². The molecule has 1 spiro atoms. The number of benzene rings is 1. The Bertz CT molecular complexity index is 800. The lowest BCUT2D eigenvalue weighted by Gasteiger charge is -2.43. The molecule has 25 heavy (non-hydrogen) atoms. The van der Waals surface area contributed by atoms with Crippen molar-refractivity contribution >= 4 is 22.5 Å². The topological polar surface area (TPSA) is 54.9 Å². The molecule has 1 aromatic heterocycles. The number of morpholine rings is 1. The highest BCUT2D eigenvalue weighted by Gasteiger charge is 2.46. The number of pyridine rings is 1. The zero-order valence-corrected chi connectivity index (χ0v) is 14.7. The SMILES string of the molecule is CN(C)c1cc(C(=O)N2CCOCC23CCOC3)nc2ccccc12. The van der Waals surface area contributed by atoms with E-state index in [2.05, 4.69) is 4.98 Å². The third-order valence-corrected chi connectivity index (χ3v) is 5.13. The van der Waals surface area contributed by atoms with Crippen LogP contribution in [0.4, 0.5) is 5.69 Å². The minimum Gasteiger partial charge on any atom is -0.379 e. The van der Waals surface area contributed by atoms with Crippen LogP contribution in [-0.4, -0.2) is 68.4 Å². The van der Waals surface area contributed by atoms with E-state index in [1.165, 1.54) is 0 Å². The Hall–Kier alpha value is -2.18. The first-order valence-electron chi connectivity index (χ1n) is 8.65. The van der Waals surface area contributed by atoms with Crippen LogP contribution < -0.4 is 4.90 Å². The van der Waals surface area contributed by atoms with E-state index >= 15 is 0 Å². The molecule has 0 bridgehead atoms. The van der Waals surface area contributed by atoms with E-state index in [9.17, 15) is 4.79 Å². The summed E-state index contributed by atoms with van der Waals surface area (Å²) in [6, 6.07) is 9.82. The maximum Gasteiger partial charge on any atom is 0.273 e. The van der Waals surface area contributed by atoms with E-state index in [1.54, 1.807) is 0 Å². The summed E-state index contributed by atoms with van der Waals surface area (Å²) in [6.45, 7) is 2.87. The van der Waals surface area contributed by atoms with Gasteiger partial charge in [0.05, 0.1) is 30.9 Å². The highest BCUT2D eigenvalue weighted by atomic mass is 16.5. The molecule has 0 radical (unpaired) electrons. The van der Waals surface area contributed by atoms with Gasteiger partial charge in [0.1, 0.15) is 5.69 Å². The van der Waals surface area contributed by atoms with Crippen molar-refractivity contribution in [2.24, 2.45) is 0 Å². The van der Waals surface area contributed by atoms with Gasteiger partial charge in [0.15, 0.2) is 0 Å². The van der Waals surface area contributed by atoms with Gasteiger partial charge in [-0.2, -0.15) is 0 Å². The molecule has 3 heterocycles. The van der Waals surface area contributed by atoms with Crippen molar-refractivity contribution in [3.63, 3.8) is 0 Å². The highest BCUT2D eigenvalue weighted by molar-refractivity contribution is 6.00. The molecule has 2 aliphatic rings.